The van der Waals surface area contributed by atoms with E-state index in [-0.39, 0.29) is 0 Å². The third kappa shape index (κ3) is 6.16. The Kier molecular flexibility index (Phi) is 7.01. The Morgan fingerprint density at radius 3 is 2.69 bits per heavy atom. The van der Waals surface area contributed by atoms with Crippen molar-refractivity contribution < 1.29 is 0 Å². The van der Waals surface area contributed by atoms with Crippen LogP contribution in [0.2, 0.25) is 0 Å². The van der Waals surface area contributed by atoms with Gasteiger partial charge in [0.15, 0.2) is 0 Å². The lowest BCUT2D eigenvalue weighted by molar-refractivity contribution is 0.418. The van der Waals surface area contributed by atoms with E-state index in [2.05, 4.69) is 20.4 Å². The fourth-order valence-electron chi connectivity index (χ4n) is 1.19. The van der Waals surface area contributed by atoms with Crippen molar-refractivity contribution in [3.8, 4) is 6.07 Å². The molecule has 0 rings (SSSR count). The Labute approximate surface area is 81.8 Å². The van der Waals surface area contributed by atoms with E-state index in [1.54, 1.807) is 6.08 Å². The minimum absolute atomic E-state index is 0.597. The molecule has 2 unspecified atom stereocenters. The molecule has 0 aromatic carbocycles. The van der Waals surface area contributed by atoms with Crippen molar-refractivity contribution in [2.75, 3.05) is 0 Å². The highest BCUT2D eigenvalue weighted by molar-refractivity contribution is 5.01. The lowest BCUT2D eigenvalue weighted by Gasteiger charge is -2.14. The molecule has 0 saturated carbocycles. The normalized spacial score (nSPS) is 15.2. The second-order valence-electron chi connectivity index (χ2n) is 3.53. The minimum atomic E-state index is 0.597. The minimum Gasteiger partial charge on any atom is -0.193 e. The van der Waals surface area contributed by atoms with Crippen LogP contribution in [-0.2, 0) is 0 Å². The van der Waals surface area contributed by atoms with Crippen LogP contribution in [0.1, 0.15) is 33.1 Å². The highest BCUT2D eigenvalue weighted by atomic mass is 14.2. The molecule has 0 radical (unpaired) electrons. The number of hydrogen-bond donors (Lipinski definition) is 0. The second kappa shape index (κ2) is 7.61. The number of hydrogen-bond acceptors (Lipinski definition) is 1. The van der Waals surface area contributed by atoms with Gasteiger partial charge < -0.3 is 0 Å². The van der Waals surface area contributed by atoms with E-state index in [1.807, 2.05) is 18.2 Å². The summed E-state index contributed by atoms with van der Waals surface area (Å²) in [6.07, 6.45) is 8.89. The van der Waals surface area contributed by atoms with Crippen molar-refractivity contribution in [3.63, 3.8) is 0 Å². The van der Waals surface area contributed by atoms with Crippen LogP contribution in [0.3, 0.4) is 0 Å². The molecule has 0 amide bonds. The molecule has 0 bridgehead atoms. The van der Waals surface area contributed by atoms with E-state index in [1.165, 1.54) is 6.42 Å². The first-order chi connectivity index (χ1) is 6.22. The third-order valence-electron chi connectivity index (χ3n) is 2.49. The van der Waals surface area contributed by atoms with Gasteiger partial charge in [0.1, 0.15) is 0 Å². The van der Waals surface area contributed by atoms with Gasteiger partial charge in [-0.3, -0.25) is 0 Å². The number of rotatable bonds is 6. The zero-order chi connectivity index (χ0) is 10.1. The van der Waals surface area contributed by atoms with Crippen molar-refractivity contribution in [2.45, 2.75) is 33.1 Å². The fourth-order valence-corrected chi connectivity index (χ4v) is 1.19. The summed E-state index contributed by atoms with van der Waals surface area (Å²) >= 11 is 0. The lowest BCUT2D eigenvalue weighted by Crippen LogP contribution is -2.04. The summed E-state index contributed by atoms with van der Waals surface area (Å²) in [5.74, 6) is 1.30. The van der Waals surface area contributed by atoms with Crippen molar-refractivity contribution in [1.82, 2.24) is 0 Å². The molecule has 0 N–H and O–H groups in total. The molecule has 72 valence electrons. The highest BCUT2D eigenvalue weighted by Crippen LogP contribution is 2.18. The number of nitriles is 1. The predicted molar refractivity (Wildman–Crippen MR) is 57.1 cm³/mol. The van der Waals surface area contributed by atoms with Gasteiger partial charge in [0.25, 0.3) is 0 Å². The largest absolute Gasteiger partial charge is 0.193 e. The SMILES string of the molecule is C=CC(C)C(C)CCC/C=C/C#N. The molecular weight excluding hydrogens is 158 g/mol. The van der Waals surface area contributed by atoms with Crippen LogP contribution in [0, 0.1) is 23.2 Å². The average molecular weight is 177 g/mol. The molecule has 0 aromatic rings. The zero-order valence-corrected chi connectivity index (χ0v) is 8.66. The summed E-state index contributed by atoms with van der Waals surface area (Å²) < 4.78 is 0. The second-order valence-corrected chi connectivity index (χ2v) is 3.53. The smallest absolute Gasteiger partial charge is 0.0908 e. The third-order valence-corrected chi connectivity index (χ3v) is 2.49. The Hall–Kier alpha value is -1.03. The van der Waals surface area contributed by atoms with Crippen molar-refractivity contribution in [1.29, 1.82) is 5.26 Å². The Bertz CT molecular complexity index is 198. The van der Waals surface area contributed by atoms with Crippen LogP contribution in [0.4, 0.5) is 0 Å². The molecule has 0 spiro atoms. The molecule has 0 saturated heterocycles. The summed E-state index contributed by atoms with van der Waals surface area (Å²) in [5, 5.41) is 8.25. The Balaban J connectivity index is 3.48. The van der Waals surface area contributed by atoms with Gasteiger partial charge in [0, 0.05) is 6.08 Å². The molecular formula is C12H19N. The number of nitrogens with zero attached hydrogens (tertiary/aromatic N) is 1. The summed E-state index contributed by atoms with van der Waals surface area (Å²) in [6, 6.07) is 1.99. The molecule has 1 heteroatoms. The number of unbranched alkanes of at least 4 members (excludes halogenated alkanes) is 1. The van der Waals surface area contributed by atoms with E-state index in [4.69, 9.17) is 5.26 Å². The van der Waals surface area contributed by atoms with E-state index in [0.29, 0.717) is 11.8 Å². The van der Waals surface area contributed by atoms with Gasteiger partial charge in [0.2, 0.25) is 0 Å². The van der Waals surface area contributed by atoms with Crippen LogP contribution in [0.25, 0.3) is 0 Å². The summed E-state index contributed by atoms with van der Waals surface area (Å²) in [6.45, 7) is 8.23. The van der Waals surface area contributed by atoms with Crippen LogP contribution in [0.15, 0.2) is 24.8 Å². The van der Waals surface area contributed by atoms with Gasteiger partial charge >= 0.3 is 0 Å². The molecule has 2 atom stereocenters. The fraction of sp³-hybridized carbons (Fsp3) is 0.583. The maximum atomic E-state index is 8.25. The predicted octanol–water partition coefficient (Wildman–Crippen LogP) is 3.69. The maximum Gasteiger partial charge on any atom is 0.0908 e. The Morgan fingerprint density at radius 2 is 2.15 bits per heavy atom. The van der Waals surface area contributed by atoms with E-state index >= 15 is 0 Å². The highest BCUT2D eigenvalue weighted by Gasteiger charge is 2.06. The van der Waals surface area contributed by atoms with Crippen LogP contribution in [0.5, 0.6) is 0 Å². The van der Waals surface area contributed by atoms with Crippen molar-refractivity contribution in [3.05, 3.63) is 24.8 Å². The van der Waals surface area contributed by atoms with Crippen molar-refractivity contribution >= 4 is 0 Å². The lowest BCUT2D eigenvalue weighted by atomic mass is 9.91. The maximum absolute atomic E-state index is 8.25. The van der Waals surface area contributed by atoms with E-state index in [0.717, 1.165) is 12.8 Å². The standard InChI is InChI=1S/C12H19N/c1-4-11(2)12(3)9-7-5-6-8-10-13/h4,6,8,11-12H,1,5,7,9H2,2-3H3/b8-6+. The molecule has 1 nitrogen and oxygen atoms in total. The first-order valence-corrected chi connectivity index (χ1v) is 4.89. The summed E-state index contributed by atoms with van der Waals surface area (Å²) in [7, 11) is 0. The van der Waals surface area contributed by atoms with Crippen LogP contribution >= 0.6 is 0 Å². The first-order valence-electron chi connectivity index (χ1n) is 4.89. The van der Waals surface area contributed by atoms with E-state index in [9.17, 15) is 0 Å². The Morgan fingerprint density at radius 1 is 1.46 bits per heavy atom. The molecule has 0 heterocycles. The molecule has 13 heavy (non-hydrogen) atoms. The summed E-state index contributed by atoms with van der Waals surface area (Å²) in [4.78, 5) is 0. The van der Waals surface area contributed by atoms with Gasteiger partial charge in [0.05, 0.1) is 6.07 Å². The molecule has 0 aliphatic carbocycles. The van der Waals surface area contributed by atoms with Crippen LogP contribution in [-0.4, -0.2) is 0 Å². The number of allylic oxidation sites excluding steroid dienone is 3. The molecule has 0 aromatic heterocycles. The molecule has 0 fully saturated rings. The summed E-state index contributed by atoms with van der Waals surface area (Å²) in [5.41, 5.74) is 0. The van der Waals surface area contributed by atoms with E-state index < -0.39 is 0 Å². The van der Waals surface area contributed by atoms with Crippen LogP contribution < -0.4 is 0 Å². The van der Waals surface area contributed by atoms with Gasteiger partial charge in [-0.25, -0.2) is 0 Å². The van der Waals surface area contributed by atoms with Crippen molar-refractivity contribution in [2.24, 2.45) is 11.8 Å². The topological polar surface area (TPSA) is 23.8 Å². The molecule has 0 aliphatic heterocycles. The molecule has 0 aliphatic rings. The zero-order valence-electron chi connectivity index (χ0n) is 8.66. The quantitative estimate of drug-likeness (QED) is 0.345. The monoisotopic (exact) mass is 177 g/mol. The van der Waals surface area contributed by atoms with Gasteiger partial charge in [-0.2, -0.15) is 5.26 Å². The van der Waals surface area contributed by atoms with Gasteiger partial charge in [-0.05, 0) is 31.1 Å². The van der Waals surface area contributed by atoms with Gasteiger partial charge in [-0.1, -0.05) is 26.0 Å². The average Bonchev–Trinajstić information content (AvgIpc) is 2.16. The first kappa shape index (κ1) is 12.0. The van der Waals surface area contributed by atoms with Gasteiger partial charge in [-0.15, -0.1) is 6.58 Å².